The molecule has 0 atom stereocenters. The van der Waals surface area contributed by atoms with E-state index in [4.69, 9.17) is 0 Å². The number of nitrogens with zero attached hydrogens (tertiary/aromatic N) is 1. The first kappa shape index (κ1) is 11.4. The summed E-state index contributed by atoms with van der Waals surface area (Å²) < 4.78 is 27.5. The Morgan fingerprint density at radius 2 is 2.00 bits per heavy atom. The van der Waals surface area contributed by atoms with Crippen molar-refractivity contribution in [2.75, 3.05) is 0 Å². The summed E-state index contributed by atoms with van der Waals surface area (Å²) in [5.41, 5.74) is 1.66. The van der Waals surface area contributed by atoms with Crippen molar-refractivity contribution in [1.82, 2.24) is 4.98 Å². The second-order valence-electron chi connectivity index (χ2n) is 3.42. The van der Waals surface area contributed by atoms with Gasteiger partial charge >= 0.3 is 0 Å². The minimum Gasteiger partial charge on any atom is -0.256 e. The van der Waals surface area contributed by atoms with E-state index < -0.39 is 11.6 Å². The summed E-state index contributed by atoms with van der Waals surface area (Å²) in [7, 11) is 0. The maximum absolute atomic E-state index is 13.5. The second-order valence-corrected chi connectivity index (χ2v) is 4.58. The molecule has 0 amide bonds. The zero-order valence-electron chi connectivity index (χ0n) is 8.47. The molecule has 1 aromatic carbocycles. The molecular formula is C12H8F2IN. The normalized spacial score (nSPS) is 10.5. The third-order valence-corrected chi connectivity index (χ3v) is 3.43. The zero-order chi connectivity index (χ0) is 11.7. The van der Waals surface area contributed by atoms with E-state index in [9.17, 15) is 8.78 Å². The van der Waals surface area contributed by atoms with Crippen LogP contribution in [0.25, 0.3) is 11.3 Å². The van der Waals surface area contributed by atoms with Crippen molar-refractivity contribution in [2.24, 2.45) is 0 Å². The fraction of sp³-hybridized carbons (Fsp3) is 0.0833. The smallest absolute Gasteiger partial charge is 0.168 e. The molecule has 1 heterocycles. The minimum atomic E-state index is -0.852. The van der Waals surface area contributed by atoms with Crippen LogP contribution in [0.15, 0.2) is 30.5 Å². The molecule has 0 N–H and O–H groups in total. The standard InChI is InChI=1S/C12H8F2IN/c1-7-6-16-11(5-10(7)15)8-3-2-4-9(13)12(8)14/h2-6H,1H3. The summed E-state index contributed by atoms with van der Waals surface area (Å²) in [5.74, 6) is -1.70. The van der Waals surface area contributed by atoms with Crippen LogP contribution in [0, 0.1) is 22.1 Å². The number of rotatable bonds is 1. The van der Waals surface area contributed by atoms with Crippen LogP contribution in [-0.4, -0.2) is 4.98 Å². The second kappa shape index (κ2) is 4.45. The Labute approximate surface area is 106 Å². The van der Waals surface area contributed by atoms with E-state index in [2.05, 4.69) is 27.6 Å². The molecule has 2 aromatic rings. The molecule has 82 valence electrons. The average molecular weight is 331 g/mol. The molecule has 0 unspecified atom stereocenters. The predicted octanol–water partition coefficient (Wildman–Crippen LogP) is 3.94. The summed E-state index contributed by atoms with van der Waals surface area (Å²) in [4.78, 5) is 4.10. The monoisotopic (exact) mass is 331 g/mol. The van der Waals surface area contributed by atoms with Gasteiger partial charge in [-0.15, -0.1) is 0 Å². The molecule has 0 radical (unpaired) electrons. The maximum atomic E-state index is 13.5. The Hall–Kier alpha value is -1.04. The van der Waals surface area contributed by atoms with E-state index in [-0.39, 0.29) is 5.56 Å². The van der Waals surface area contributed by atoms with Crippen LogP contribution in [0.5, 0.6) is 0 Å². The van der Waals surface area contributed by atoms with E-state index in [1.54, 1.807) is 12.3 Å². The van der Waals surface area contributed by atoms with Crippen LogP contribution in [0.1, 0.15) is 5.56 Å². The van der Waals surface area contributed by atoms with E-state index in [0.717, 1.165) is 15.2 Å². The SMILES string of the molecule is Cc1cnc(-c2cccc(F)c2F)cc1I. The third kappa shape index (κ3) is 2.07. The lowest BCUT2D eigenvalue weighted by Crippen LogP contribution is -1.93. The highest BCUT2D eigenvalue weighted by Gasteiger charge is 2.11. The summed E-state index contributed by atoms with van der Waals surface area (Å²) >= 11 is 2.14. The highest BCUT2D eigenvalue weighted by Crippen LogP contribution is 2.24. The molecule has 16 heavy (non-hydrogen) atoms. The van der Waals surface area contributed by atoms with Gasteiger partial charge in [-0.25, -0.2) is 8.78 Å². The van der Waals surface area contributed by atoms with Crippen molar-refractivity contribution >= 4 is 22.6 Å². The molecule has 1 aromatic heterocycles. The van der Waals surface area contributed by atoms with Gasteiger partial charge in [0, 0.05) is 15.3 Å². The largest absolute Gasteiger partial charge is 0.256 e. The van der Waals surface area contributed by atoms with Crippen molar-refractivity contribution in [2.45, 2.75) is 6.92 Å². The van der Waals surface area contributed by atoms with Gasteiger partial charge in [0.2, 0.25) is 0 Å². The first-order valence-corrected chi connectivity index (χ1v) is 5.74. The molecule has 0 aliphatic heterocycles. The minimum absolute atomic E-state index is 0.193. The van der Waals surface area contributed by atoms with E-state index in [0.29, 0.717) is 5.69 Å². The van der Waals surface area contributed by atoms with Gasteiger partial charge in [0.1, 0.15) is 0 Å². The summed E-state index contributed by atoms with van der Waals surface area (Å²) in [5, 5.41) is 0. The van der Waals surface area contributed by atoms with Gasteiger partial charge < -0.3 is 0 Å². The lowest BCUT2D eigenvalue weighted by molar-refractivity contribution is 0.511. The molecule has 0 aliphatic rings. The van der Waals surface area contributed by atoms with Gasteiger partial charge in [0.05, 0.1) is 5.69 Å². The van der Waals surface area contributed by atoms with Crippen LogP contribution in [0.2, 0.25) is 0 Å². The van der Waals surface area contributed by atoms with Gasteiger partial charge in [-0.3, -0.25) is 4.98 Å². The summed E-state index contributed by atoms with van der Waals surface area (Å²) in [6.45, 7) is 1.92. The van der Waals surface area contributed by atoms with E-state index in [1.807, 2.05) is 6.92 Å². The molecule has 2 rings (SSSR count). The van der Waals surface area contributed by atoms with Crippen LogP contribution < -0.4 is 0 Å². The lowest BCUT2D eigenvalue weighted by Gasteiger charge is -2.05. The quantitative estimate of drug-likeness (QED) is 0.722. The average Bonchev–Trinajstić information content (AvgIpc) is 2.26. The van der Waals surface area contributed by atoms with Crippen LogP contribution in [0.3, 0.4) is 0 Å². The molecule has 0 spiro atoms. The number of hydrogen-bond donors (Lipinski definition) is 0. The third-order valence-electron chi connectivity index (χ3n) is 2.26. The Bertz CT molecular complexity index is 541. The summed E-state index contributed by atoms with van der Waals surface area (Å²) in [6, 6.07) is 5.83. The van der Waals surface area contributed by atoms with E-state index in [1.165, 1.54) is 12.1 Å². The fourth-order valence-electron chi connectivity index (χ4n) is 1.35. The Balaban J connectivity index is 2.59. The Morgan fingerprint density at radius 1 is 1.25 bits per heavy atom. The molecule has 0 saturated carbocycles. The van der Waals surface area contributed by atoms with Crippen molar-refractivity contribution in [1.29, 1.82) is 0 Å². The van der Waals surface area contributed by atoms with Gasteiger partial charge in [-0.2, -0.15) is 0 Å². The zero-order valence-corrected chi connectivity index (χ0v) is 10.6. The molecule has 4 heteroatoms. The molecule has 0 bridgehead atoms. The molecule has 1 nitrogen and oxygen atoms in total. The van der Waals surface area contributed by atoms with E-state index >= 15 is 0 Å². The van der Waals surface area contributed by atoms with Crippen molar-refractivity contribution in [3.05, 3.63) is 51.2 Å². The fourth-order valence-corrected chi connectivity index (χ4v) is 1.78. The van der Waals surface area contributed by atoms with Crippen molar-refractivity contribution < 1.29 is 8.78 Å². The van der Waals surface area contributed by atoms with Gasteiger partial charge in [0.15, 0.2) is 11.6 Å². The van der Waals surface area contributed by atoms with Crippen LogP contribution in [0.4, 0.5) is 8.78 Å². The van der Waals surface area contributed by atoms with Crippen molar-refractivity contribution in [3.63, 3.8) is 0 Å². The number of aromatic nitrogens is 1. The molecule has 0 aliphatic carbocycles. The molecular weight excluding hydrogens is 323 g/mol. The Morgan fingerprint density at radius 3 is 2.69 bits per heavy atom. The topological polar surface area (TPSA) is 12.9 Å². The molecule has 0 fully saturated rings. The van der Waals surface area contributed by atoms with Gasteiger partial charge in [-0.05, 0) is 53.3 Å². The first-order valence-electron chi connectivity index (χ1n) is 4.66. The molecule has 0 saturated heterocycles. The van der Waals surface area contributed by atoms with Crippen molar-refractivity contribution in [3.8, 4) is 11.3 Å². The van der Waals surface area contributed by atoms with Gasteiger partial charge in [-0.1, -0.05) is 6.07 Å². The number of hydrogen-bond acceptors (Lipinski definition) is 1. The highest BCUT2D eigenvalue weighted by molar-refractivity contribution is 14.1. The highest BCUT2D eigenvalue weighted by atomic mass is 127. The predicted molar refractivity (Wildman–Crippen MR) is 67.0 cm³/mol. The number of halogens is 3. The van der Waals surface area contributed by atoms with Gasteiger partial charge in [0.25, 0.3) is 0 Å². The summed E-state index contributed by atoms with van der Waals surface area (Å²) in [6.07, 6.45) is 1.65. The number of pyridine rings is 1. The first-order chi connectivity index (χ1) is 7.59. The van der Waals surface area contributed by atoms with Crippen LogP contribution in [-0.2, 0) is 0 Å². The number of aryl methyl sites for hydroxylation is 1. The number of benzene rings is 1. The Kier molecular flexibility index (Phi) is 3.18. The van der Waals surface area contributed by atoms with Crippen LogP contribution >= 0.6 is 22.6 Å². The lowest BCUT2D eigenvalue weighted by atomic mass is 10.1. The maximum Gasteiger partial charge on any atom is 0.168 e.